The third-order valence-electron chi connectivity index (χ3n) is 6.49. The first-order chi connectivity index (χ1) is 15.5. The molecular weight excluding hydrogens is 402 g/mol. The molecule has 2 saturated heterocycles. The van der Waals surface area contributed by atoms with Gasteiger partial charge in [0.1, 0.15) is 11.5 Å². The molecule has 2 amide bonds. The molecule has 6 nitrogen and oxygen atoms in total. The van der Waals surface area contributed by atoms with Gasteiger partial charge >= 0.3 is 0 Å². The Labute approximate surface area is 190 Å². The predicted octanol–water partition coefficient (Wildman–Crippen LogP) is 3.61. The summed E-state index contributed by atoms with van der Waals surface area (Å²) in [5.74, 6) is 1.46. The van der Waals surface area contributed by atoms with Crippen molar-refractivity contribution in [2.45, 2.75) is 26.7 Å². The summed E-state index contributed by atoms with van der Waals surface area (Å²) in [6.45, 7) is 9.04. The van der Waals surface area contributed by atoms with E-state index < -0.39 is 0 Å². The Kier molecular flexibility index (Phi) is 7.10. The van der Waals surface area contributed by atoms with Crippen LogP contribution in [0.25, 0.3) is 6.08 Å². The highest BCUT2D eigenvalue weighted by Crippen LogP contribution is 2.23. The first-order valence-electron chi connectivity index (χ1n) is 11.6. The van der Waals surface area contributed by atoms with Gasteiger partial charge in [-0.3, -0.25) is 14.5 Å². The molecule has 2 aromatic rings. The van der Waals surface area contributed by atoms with Crippen molar-refractivity contribution >= 4 is 17.9 Å². The van der Waals surface area contributed by atoms with Crippen LogP contribution in [-0.4, -0.2) is 72.3 Å². The van der Waals surface area contributed by atoms with Crippen LogP contribution in [0, 0.1) is 19.8 Å². The Morgan fingerprint density at radius 2 is 1.78 bits per heavy atom. The highest BCUT2D eigenvalue weighted by molar-refractivity contribution is 5.95. The van der Waals surface area contributed by atoms with Gasteiger partial charge in [-0.25, -0.2) is 0 Å². The minimum Gasteiger partial charge on any atom is -0.466 e. The van der Waals surface area contributed by atoms with Gasteiger partial charge in [-0.15, -0.1) is 0 Å². The number of hydrogen-bond donors (Lipinski definition) is 0. The van der Waals surface area contributed by atoms with Gasteiger partial charge in [0.05, 0.1) is 11.5 Å². The fourth-order valence-corrected chi connectivity index (χ4v) is 4.69. The highest BCUT2D eigenvalue weighted by atomic mass is 16.3. The number of hydrogen-bond acceptors (Lipinski definition) is 4. The third-order valence-corrected chi connectivity index (χ3v) is 6.49. The van der Waals surface area contributed by atoms with E-state index in [-0.39, 0.29) is 17.7 Å². The second-order valence-electron chi connectivity index (χ2n) is 8.86. The molecule has 0 bridgehead atoms. The molecule has 0 spiro atoms. The number of piperidine rings is 1. The normalized spacial score (nSPS) is 20.1. The number of amides is 2. The molecule has 1 atom stereocenters. The molecule has 4 rings (SSSR count). The van der Waals surface area contributed by atoms with Gasteiger partial charge in [-0.2, -0.15) is 0 Å². The summed E-state index contributed by atoms with van der Waals surface area (Å²) in [4.78, 5) is 32.3. The van der Waals surface area contributed by atoms with E-state index in [1.54, 1.807) is 6.07 Å². The largest absolute Gasteiger partial charge is 0.466 e. The van der Waals surface area contributed by atoms with Crippen LogP contribution in [0.2, 0.25) is 0 Å². The number of aryl methyl sites for hydroxylation is 2. The Bertz CT molecular complexity index is 958. The maximum absolute atomic E-state index is 13.2. The highest BCUT2D eigenvalue weighted by Gasteiger charge is 2.33. The summed E-state index contributed by atoms with van der Waals surface area (Å²) < 4.78 is 5.53. The number of likely N-dealkylation sites (tertiary alicyclic amines) is 1. The maximum atomic E-state index is 13.2. The van der Waals surface area contributed by atoms with Crippen molar-refractivity contribution in [1.29, 1.82) is 0 Å². The van der Waals surface area contributed by atoms with Gasteiger partial charge in [0.15, 0.2) is 0 Å². The summed E-state index contributed by atoms with van der Waals surface area (Å²) in [7, 11) is 0. The van der Waals surface area contributed by atoms with Gasteiger partial charge in [0, 0.05) is 45.8 Å². The van der Waals surface area contributed by atoms with E-state index in [2.05, 4.69) is 29.2 Å². The van der Waals surface area contributed by atoms with Gasteiger partial charge in [0.25, 0.3) is 5.91 Å². The van der Waals surface area contributed by atoms with Crippen molar-refractivity contribution in [1.82, 2.24) is 14.7 Å². The number of carbonyl (C=O) groups excluding carboxylic acids is 2. The zero-order valence-electron chi connectivity index (χ0n) is 19.1. The molecule has 0 aliphatic carbocycles. The molecule has 1 aromatic carbocycles. The minimum atomic E-state index is -0.106. The lowest BCUT2D eigenvalue weighted by Gasteiger charge is -2.38. The van der Waals surface area contributed by atoms with E-state index in [1.807, 2.05) is 41.8 Å². The molecule has 0 N–H and O–H groups in total. The predicted molar refractivity (Wildman–Crippen MR) is 125 cm³/mol. The van der Waals surface area contributed by atoms with Gasteiger partial charge in [0.2, 0.25) is 5.91 Å². The first kappa shape index (κ1) is 22.3. The smallest absolute Gasteiger partial charge is 0.257 e. The van der Waals surface area contributed by atoms with E-state index in [0.717, 1.165) is 51.3 Å². The standard InChI is InChI=1S/C26H33N3O3/c1-20-18-24(21(2)32-20)26(31)29-13-7-11-23(19-29)25(30)28-16-14-27(15-17-28)12-6-10-22-8-4-3-5-9-22/h3-6,8-10,18,23H,7,11-17,19H2,1-2H3. The van der Waals surface area contributed by atoms with E-state index in [0.29, 0.717) is 24.4 Å². The second-order valence-corrected chi connectivity index (χ2v) is 8.86. The number of nitrogens with zero attached hydrogens (tertiary/aromatic N) is 3. The quantitative estimate of drug-likeness (QED) is 0.720. The second kappa shape index (κ2) is 10.2. The minimum absolute atomic E-state index is 0.0214. The van der Waals surface area contributed by atoms with Crippen molar-refractivity contribution < 1.29 is 14.0 Å². The Morgan fingerprint density at radius 1 is 1.03 bits per heavy atom. The van der Waals surface area contributed by atoms with Crippen molar-refractivity contribution in [3.63, 3.8) is 0 Å². The van der Waals surface area contributed by atoms with E-state index in [1.165, 1.54) is 5.56 Å². The average Bonchev–Trinajstić information content (AvgIpc) is 3.17. The molecule has 3 heterocycles. The summed E-state index contributed by atoms with van der Waals surface area (Å²) >= 11 is 0. The Hall–Kier alpha value is -2.86. The summed E-state index contributed by atoms with van der Waals surface area (Å²) in [6.07, 6.45) is 6.06. The lowest BCUT2D eigenvalue weighted by atomic mass is 9.95. The van der Waals surface area contributed by atoms with Crippen molar-refractivity contribution in [3.05, 3.63) is 65.1 Å². The van der Waals surface area contributed by atoms with Crippen LogP contribution in [0.15, 0.2) is 46.9 Å². The topological polar surface area (TPSA) is 57.0 Å². The number of benzene rings is 1. The van der Waals surface area contributed by atoms with Crippen molar-refractivity contribution in [2.75, 3.05) is 45.8 Å². The van der Waals surface area contributed by atoms with Crippen LogP contribution in [0.5, 0.6) is 0 Å². The average molecular weight is 436 g/mol. The zero-order chi connectivity index (χ0) is 22.5. The summed E-state index contributed by atoms with van der Waals surface area (Å²) in [5.41, 5.74) is 1.83. The van der Waals surface area contributed by atoms with Gasteiger partial charge in [-0.05, 0) is 38.3 Å². The molecule has 6 heteroatoms. The van der Waals surface area contributed by atoms with Crippen LogP contribution in [0.4, 0.5) is 0 Å². The Morgan fingerprint density at radius 3 is 2.47 bits per heavy atom. The van der Waals surface area contributed by atoms with E-state index in [4.69, 9.17) is 4.42 Å². The third kappa shape index (κ3) is 5.30. The number of rotatable bonds is 5. The fourth-order valence-electron chi connectivity index (χ4n) is 4.69. The molecule has 32 heavy (non-hydrogen) atoms. The fraction of sp³-hybridized carbons (Fsp3) is 0.462. The number of piperazine rings is 1. The lowest BCUT2D eigenvalue weighted by molar-refractivity contribution is -0.138. The SMILES string of the molecule is Cc1cc(C(=O)N2CCCC(C(=O)N3CCN(CC=Cc4ccccc4)CC3)C2)c(C)o1. The van der Waals surface area contributed by atoms with Crippen LogP contribution in [-0.2, 0) is 4.79 Å². The van der Waals surface area contributed by atoms with E-state index in [9.17, 15) is 9.59 Å². The molecule has 0 radical (unpaired) electrons. The molecule has 170 valence electrons. The summed E-state index contributed by atoms with van der Waals surface area (Å²) in [6, 6.07) is 12.1. The van der Waals surface area contributed by atoms with Crippen molar-refractivity contribution in [2.24, 2.45) is 5.92 Å². The van der Waals surface area contributed by atoms with Crippen LogP contribution in [0.1, 0.15) is 40.3 Å². The Balaban J connectivity index is 1.27. The van der Waals surface area contributed by atoms with Crippen LogP contribution < -0.4 is 0 Å². The lowest BCUT2D eigenvalue weighted by Crippen LogP contribution is -2.53. The molecule has 1 unspecified atom stereocenters. The first-order valence-corrected chi connectivity index (χ1v) is 11.6. The molecule has 0 saturated carbocycles. The van der Waals surface area contributed by atoms with E-state index >= 15 is 0 Å². The van der Waals surface area contributed by atoms with Crippen LogP contribution >= 0.6 is 0 Å². The van der Waals surface area contributed by atoms with Gasteiger partial charge < -0.3 is 14.2 Å². The zero-order valence-corrected chi connectivity index (χ0v) is 19.1. The summed E-state index contributed by atoms with van der Waals surface area (Å²) in [5, 5.41) is 0. The molecular formula is C26H33N3O3. The van der Waals surface area contributed by atoms with Crippen LogP contribution in [0.3, 0.4) is 0 Å². The molecule has 2 aliphatic heterocycles. The molecule has 2 fully saturated rings. The molecule has 2 aliphatic rings. The number of furan rings is 1. The molecule has 1 aromatic heterocycles. The monoisotopic (exact) mass is 435 g/mol. The number of carbonyl (C=O) groups is 2. The van der Waals surface area contributed by atoms with Gasteiger partial charge in [-0.1, -0.05) is 42.5 Å². The maximum Gasteiger partial charge on any atom is 0.257 e. The van der Waals surface area contributed by atoms with Crippen molar-refractivity contribution in [3.8, 4) is 0 Å².